The van der Waals surface area contributed by atoms with Gasteiger partial charge in [0, 0.05) is 30.2 Å². The Morgan fingerprint density at radius 3 is 2.56 bits per heavy atom. The molecule has 0 amide bonds. The monoisotopic (exact) mass is 361 g/mol. The highest BCUT2D eigenvalue weighted by Gasteiger charge is 2.13. The van der Waals surface area contributed by atoms with Crippen molar-refractivity contribution in [3.05, 3.63) is 59.0 Å². The van der Waals surface area contributed by atoms with Crippen LogP contribution in [0, 0.1) is 0 Å². The molecule has 138 valence electrons. The lowest BCUT2D eigenvalue weighted by molar-refractivity contribution is 0.562. The van der Waals surface area contributed by atoms with Crippen molar-refractivity contribution in [1.82, 2.24) is 9.97 Å². The second kappa shape index (κ2) is 7.27. The molecule has 0 spiro atoms. The van der Waals surface area contributed by atoms with Gasteiger partial charge in [-0.2, -0.15) is 0 Å². The standard InChI is InChI=1S/C22H23N3O2/c1-3-11-25(12-4-2)16-10-9-15-13-17(22(26)27-20(15)14-16)21-23-18-7-5-6-8-19(18)24-21/h5-10,13-14H,3-4,11-12H2,1-2H3,(H,23,24). The van der Waals surface area contributed by atoms with Crippen LogP contribution in [-0.2, 0) is 0 Å². The van der Waals surface area contributed by atoms with Gasteiger partial charge in [0.25, 0.3) is 0 Å². The van der Waals surface area contributed by atoms with Crippen molar-refractivity contribution < 1.29 is 4.42 Å². The second-order valence-corrected chi connectivity index (χ2v) is 6.76. The number of H-pyrrole nitrogens is 1. The van der Waals surface area contributed by atoms with Gasteiger partial charge in [-0.3, -0.25) is 0 Å². The third-order valence-electron chi connectivity index (χ3n) is 4.72. The number of nitrogens with one attached hydrogen (secondary N) is 1. The maximum Gasteiger partial charge on any atom is 0.347 e. The predicted molar refractivity (Wildman–Crippen MR) is 110 cm³/mol. The fourth-order valence-corrected chi connectivity index (χ4v) is 3.45. The predicted octanol–water partition coefficient (Wildman–Crippen LogP) is 4.96. The number of hydrogen-bond acceptors (Lipinski definition) is 4. The van der Waals surface area contributed by atoms with Crippen LogP contribution in [0.15, 0.2) is 57.7 Å². The molecule has 0 saturated carbocycles. The first-order valence-electron chi connectivity index (χ1n) is 9.47. The van der Waals surface area contributed by atoms with E-state index in [0.29, 0.717) is 17.0 Å². The first-order chi connectivity index (χ1) is 13.2. The average molecular weight is 361 g/mol. The van der Waals surface area contributed by atoms with E-state index in [1.54, 1.807) is 0 Å². The molecule has 5 nitrogen and oxygen atoms in total. The van der Waals surface area contributed by atoms with Gasteiger partial charge in [0.2, 0.25) is 0 Å². The molecule has 4 rings (SSSR count). The lowest BCUT2D eigenvalue weighted by Crippen LogP contribution is -2.24. The summed E-state index contributed by atoms with van der Waals surface area (Å²) >= 11 is 0. The molecule has 2 aromatic carbocycles. The average Bonchev–Trinajstić information content (AvgIpc) is 3.10. The number of rotatable bonds is 6. The SMILES string of the molecule is CCCN(CCC)c1ccc2cc(-c3nc4ccccc4[nH]3)c(=O)oc2c1. The van der Waals surface area contributed by atoms with Gasteiger partial charge in [0.1, 0.15) is 17.0 Å². The zero-order valence-corrected chi connectivity index (χ0v) is 15.7. The van der Waals surface area contributed by atoms with E-state index in [1.165, 1.54) is 0 Å². The van der Waals surface area contributed by atoms with E-state index in [2.05, 4.69) is 34.8 Å². The minimum absolute atomic E-state index is 0.378. The molecule has 0 aliphatic carbocycles. The molecule has 0 bridgehead atoms. The van der Waals surface area contributed by atoms with Crippen molar-refractivity contribution in [2.75, 3.05) is 18.0 Å². The van der Waals surface area contributed by atoms with Gasteiger partial charge < -0.3 is 14.3 Å². The summed E-state index contributed by atoms with van der Waals surface area (Å²) < 4.78 is 5.65. The Balaban J connectivity index is 1.77. The number of imidazole rings is 1. The number of benzene rings is 2. The van der Waals surface area contributed by atoms with Gasteiger partial charge in [0.05, 0.1) is 11.0 Å². The molecule has 0 unspecified atom stereocenters. The molecule has 4 aromatic rings. The van der Waals surface area contributed by atoms with Crippen molar-refractivity contribution in [3.63, 3.8) is 0 Å². The maximum atomic E-state index is 12.6. The summed E-state index contributed by atoms with van der Waals surface area (Å²) in [6, 6.07) is 15.6. The molecule has 0 aliphatic heterocycles. The number of fused-ring (bicyclic) bond motifs is 2. The smallest absolute Gasteiger partial charge is 0.347 e. The summed E-state index contributed by atoms with van der Waals surface area (Å²) in [5.41, 5.74) is 3.50. The van der Waals surface area contributed by atoms with E-state index in [0.717, 1.165) is 48.0 Å². The van der Waals surface area contributed by atoms with E-state index in [1.807, 2.05) is 42.5 Å². The normalized spacial score (nSPS) is 11.3. The summed E-state index contributed by atoms with van der Waals surface area (Å²) in [5.74, 6) is 0.537. The van der Waals surface area contributed by atoms with Crippen LogP contribution in [0.5, 0.6) is 0 Å². The van der Waals surface area contributed by atoms with Gasteiger partial charge in [-0.1, -0.05) is 26.0 Å². The van der Waals surface area contributed by atoms with E-state index >= 15 is 0 Å². The molecule has 2 aromatic heterocycles. The highest BCUT2D eigenvalue weighted by molar-refractivity contribution is 5.85. The van der Waals surface area contributed by atoms with Gasteiger partial charge >= 0.3 is 5.63 Å². The first-order valence-corrected chi connectivity index (χ1v) is 9.47. The maximum absolute atomic E-state index is 12.6. The van der Waals surface area contributed by atoms with Gasteiger partial charge in [-0.05, 0) is 43.2 Å². The lowest BCUT2D eigenvalue weighted by atomic mass is 10.1. The van der Waals surface area contributed by atoms with Crippen LogP contribution >= 0.6 is 0 Å². The summed E-state index contributed by atoms with van der Waals surface area (Å²) in [5, 5.41) is 0.891. The zero-order chi connectivity index (χ0) is 18.8. The van der Waals surface area contributed by atoms with Crippen molar-refractivity contribution in [1.29, 1.82) is 0 Å². The minimum atomic E-state index is -0.378. The van der Waals surface area contributed by atoms with Crippen LogP contribution in [0.2, 0.25) is 0 Å². The fraction of sp³-hybridized carbons (Fsp3) is 0.273. The zero-order valence-electron chi connectivity index (χ0n) is 15.7. The summed E-state index contributed by atoms with van der Waals surface area (Å²) in [4.78, 5) is 22.7. The number of para-hydroxylation sites is 2. The van der Waals surface area contributed by atoms with Crippen LogP contribution in [0.1, 0.15) is 26.7 Å². The van der Waals surface area contributed by atoms with Crippen molar-refractivity contribution >= 4 is 27.7 Å². The van der Waals surface area contributed by atoms with Gasteiger partial charge in [-0.25, -0.2) is 9.78 Å². The molecule has 27 heavy (non-hydrogen) atoms. The van der Waals surface area contributed by atoms with E-state index < -0.39 is 0 Å². The number of aromatic amines is 1. The summed E-state index contributed by atoms with van der Waals surface area (Å²) in [6.07, 6.45) is 2.15. The van der Waals surface area contributed by atoms with Gasteiger partial charge in [0.15, 0.2) is 0 Å². The topological polar surface area (TPSA) is 62.1 Å². The Hall–Kier alpha value is -3.08. The Bertz CT molecular complexity index is 1100. The molecule has 5 heteroatoms. The molecule has 0 atom stereocenters. The fourth-order valence-electron chi connectivity index (χ4n) is 3.45. The molecule has 0 fully saturated rings. The largest absolute Gasteiger partial charge is 0.422 e. The molecule has 0 aliphatic rings. The van der Waals surface area contributed by atoms with E-state index in [9.17, 15) is 4.79 Å². The number of hydrogen-bond donors (Lipinski definition) is 1. The number of nitrogens with zero attached hydrogens (tertiary/aromatic N) is 2. The third kappa shape index (κ3) is 3.33. The molecule has 0 radical (unpaired) electrons. The highest BCUT2D eigenvalue weighted by Crippen LogP contribution is 2.25. The lowest BCUT2D eigenvalue weighted by Gasteiger charge is -2.23. The quantitative estimate of drug-likeness (QED) is 0.493. The van der Waals surface area contributed by atoms with E-state index in [-0.39, 0.29) is 5.63 Å². The Kier molecular flexibility index (Phi) is 4.67. The van der Waals surface area contributed by atoms with Crippen LogP contribution in [0.3, 0.4) is 0 Å². The Morgan fingerprint density at radius 1 is 1.04 bits per heavy atom. The van der Waals surface area contributed by atoms with Crippen LogP contribution in [-0.4, -0.2) is 23.1 Å². The minimum Gasteiger partial charge on any atom is -0.422 e. The number of anilines is 1. The highest BCUT2D eigenvalue weighted by atomic mass is 16.4. The van der Waals surface area contributed by atoms with Crippen LogP contribution < -0.4 is 10.5 Å². The molecule has 1 N–H and O–H groups in total. The molecular weight excluding hydrogens is 338 g/mol. The Labute approximate surface area is 157 Å². The van der Waals surface area contributed by atoms with Crippen LogP contribution in [0.4, 0.5) is 5.69 Å². The third-order valence-corrected chi connectivity index (χ3v) is 4.72. The second-order valence-electron chi connectivity index (χ2n) is 6.76. The Morgan fingerprint density at radius 2 is 1.81 bits per heavy atom. The molecule has 0 saturated heterocycles. The summed E-state index contributed by atoms with van der Waals surface area (Å²) in [7, 11) is 0. The van der Waals surface area contributed by atoms with Crippen molar-refractivity contribution in [2.45, 2.75) is 26.7 Å². The van der Waals surface area contributed by atoms with Crippen LogP contribution in [0.25, 0.3) is 33.4 Å². The van der Waals surface area contributed by atoms with E-state index in [4.69, 9.17) is 4.42 Å². The summed E-state index contributed by atoms with van der Waals surface area (Å²) in [6.45, 7) is 6.31. The molecule has 2 heterocycles. The van der Waals surface area contributed by atoms with Crippen molar-refractivity contribution in [3.8, 4) is 11.4 Å². The van der Waals surface area contributed by atoms with Crippen molar-refractivity contribution in [2.24, 2.45) is 0 Å². The first kappa shape index (κ1) is 17.3. The van der Waals surface area contributed by atoms with Gasteiger partial charge in [-0.15, -0.1) is 0 Å². The molecular formula is C22H23N3O2. The number of aromatic nitrogens is 2.